The molecule has 0 saturated carbocycles. The van der Waals surface area contributed by atoms with Crippen molar-refractivity contribution in [2.45, 2.75) is 30.5 Å². The molecule has 1 N–H and O–H groups in total. The van der Waals surface area contributed by atoms with Crippen LogP contribution in [0.1, 0.15) is 18.9 Å². The van der Waals surface area contributed by atoms with Crippen molar-refractivity contribution < 1.29 is 19.1 Å². The van der Waals surface area contributed by atoms with Crippen molar-refractivity contribution in [2.24, 2.45) is 7.05 Å². The van der Waals surface area contributed by atoms with Crippen molar-refractivity contribution in [2.75, 3.05) is 5.32 Å². The van der Waals surface area contributed by atoms with Gasteiger partial charge in [0.05, 0.1) is 10.5 Å². The minimum Gasteiger partial charge on any atom is -0.538 e. The molecule has 0 radical (unpaired) electrons. The molecule has 0 bridgehead atoms. The third-order valence-electron chi connectivity index (χ3n) is 3.09. The third kappa shape index (κ3) is 3.72. The molecule has 0 spiro atoms. The van der Waals surface area contributed by atoms with Crippen LogP contribution in [0.4, 0.5) is 5.69 Å². The molecule has 0 aliphatic rings. The quantitative estimate of drug-likeness (QED) is 0.664. The summed E-state index contributed by atoms with van der Waals surface area (Å²) in [5.74, 6) is -0.740. The highest BCUT2D eigenvalue weighted by molar-refractivity contribution is 8.00. The summed E-state index contributed by atoms with van der Waals surface area (Å²) in [6, 6.07) is 5.30. The minimum atomic E-state index is -0.544. The number of carbonyl (C=O) groups is 1. The lowest BCUT2D eigenvalue weighted by atomic mass is 10.2. The molecule has 22 heavy (non-hydrogen) atoms. The molecule has 2 aromatic rings. The van der Waals surface area contributed by atoms with Gasteiger partial charge in [-0.25, -0.2) is 0 Å². The van der Waals surface area contributed by atoms with E-state index in [0.717, 1.165) is 17.3 Å². The number of hydrogen-bond donors (Lipinski definition) is 1. The summed E-state index contributed by atoms with van der Waals surface area (Å²) in [7, 11) is 1.60. The number of thioether (sulfide) groups is 1. The van der Waals surface area contributed by atoms with Crippen LogP contribution < -0.4 is 15.1 Å². The van der Waals surface area contributed by atoms with Crippen LogP contribution >= 0.6 is 23.4 Å². The fourth-order valence-corrected chi connectivity index (χ4v) is 2.92. The standard InChI is InChI=1S/C14H16ClN3O3S/c1-4-11(22-13-14(20)21-17-18(13)3)12(19)16-10-7-9(15)6-5-8(10)2/h5-7,11H,4H2,1-3H3,(H-,16,17,19,20). The highest BCUT2D eigenvalue weighted by atomic mass is 35.5. The van der Waals surface area contributed by atoms with Gasteiger partial charge in [0, 0.05) is 10.7 Å². The van der Waals surface area contributed by atoms with Gasteiger partial charge in [-0.3, -0.25) is 4.79 Å². The molecule has 0 aliphatic heterocycles. The lowest BCUT2D eigenvalue weighted by Crippen LogP contribution is -2.34. The first kappa shape index (κ1) is 16.6. The Kier molecular flexibility index (Phi) is 5.31. The molecule has 1 aromatic heterocycles. The molecule has 0 aliphatic carbocycles. The van der Waals surface area contributed by atoms with Gasteiger partial charge in [0.25, 0.3) is 5.03 Å². The number of nitrogens with one attached hydrogen (secondary N) is 1. The van der Waals surface area contributed by atoms with E-state index in [-0.39, 0.29) is 5.91 Å². The molecule has 0 fully saturated rings. The third-order valence-corrected chi connectivity index (χ3v) is 4.81. The van der Waals surface area contributed by atoms with Gasteiger partial charge in [0.2, 0.25) is 5.91 Å². The summed E-state index contributed by atoms with van der Waals surface area (Å²) < 4.78 is 5.89. The van der Waals surface area contributed by atoms with Crippen LogP contribution in [0.3, 0.4) is 0 Å². The molecular weight excluding hydrogens is 326 g/mol. The lowest BCUT2D eigenvalue weighted by molar-refractivity contribution is -0.772. The normalized spacial score (nSPS) is 12.2. The Balaban J connectivity index is 2.14. The lowest BCUT2D eigenvalue weighted by Gasteiger charge is -2.14. The average Bonchev–Trinajstić information content (AvgIpc) is 2.79. The maximum absolute atomic E-state index is 12.4. The number of rotatable bonds is 5. The number of aryl methyl sites for hydroxylation is 2. The van der Waals surface area contributed by atoms with E-state index in [4.69, 9.17) is 11.6 Å². The summed E-state index contributed by atoms with van der Waals surface area (Å²) in [6.45, 7) is 3.76. The predicted molar refractivity (Wildman–Crippen MR) is 81.9 cm³/mol. The predicted octanol–water partition coefficient (Wildman–Crippen LogP) is 2.04. The molecule has 6 nitrogen and oxygen atoms in total. The maximum Gasteiger partial charge on any atom is 0.291 e. The number of aromatic nitrogens is 2. The largest absolute Gasteiger partial charge is 0.538 e. The van der Waals surface area contributed by atoms with Gasteiger partial charge in [0.15, 0.2) is 13.0 Å². The molecule has 8 heteroatoms. The van der Waals surface area contributed by atoms with Crippen LogP contribution in [0.25, 0.3) is 0 Å². The fraction of sp³-hybridized carbons (Fsp3) is 0.357. The topological polar surface area (TPSA) is 82.1 Å². The van der Waals surface area contributed by atoms with Gasteiger partial charge in [0.1, 0.15) is 0 Å². The Morgan fingerprint density at radius 2 is 2.32 bits per heavy atom. The second kappa shape index (κ2) is 7.02. The Morgan fingerprint density at radius 3 is 2.91 bits per heavy atom. The number of anilines is 1. The first-order valence-corrected chi connectivity index (χ1v) is 7.94. The van der Waals surface area contributed by atoms with Gasteiger partial charge in [-0.1, -0.05) is 29.3 Å². The van der Waals surface area contributed by atoms with Crippen LogP contribution in [0.2, 0.25) is 5.02 Å². The van der Waals surface area contributed by atoms with Crippen LogP contribution in [-0.4, -0.2) is 16.4 Å². The van der Waals surface area contributed by atoms with E-state index in [0.29, 0.717) is 22.2 Å². The van der Waals surface area contributed by atoms with Gasteiger partial charge >= 0.3 is 0 Å². The van der Waals surface area contributed by atoms with E-state index in [1.807, 2.05) is 19.9 Å². The van der Waals surface area contributed by atoms with Crippen molar-refractivity contribution >= 4 is 35.0 Å². The molecule has 0 saturated heterocycles. The summed E-state index contributed by atoms with van der Waals surface area (Å²) in [4.78, 5) is 12.4. The van der Waals surface area contributed by atoms with Gasteiger partial charge in [-0.15, -0.1) is 0 Å². The molecule has 1 amide bonds. The summed E-state index contributed by atoms with van der Waals surface area (Å²) in [5, 5.41) is 18.3. The monoisotopic (exact) mass is 341 g/mol. The second-order valence-corrected chi connectivity index (χ2v) is 6.38. The first-order chi connectivity index (χ1) is 10.4. The fourth-order valence-electron chi connectivity index (χ4n) is 1.83. The van der Waals surface area contributed by atoms with Crippen molar-refractivity contribution in [3.05, 3.63) is 28.8 Å². The minimum absolute atomic E-state index is 0.196. The van der Waals surface area contributed by atoms with E-state index >= 15 is 0 Å². The van der Waals surface area contributed by atoms with E-state index in [2.05, 4.69) is 15.1 Å². The van der Waals surface area contributed by atoms with Crippen molar-refractivity contribution in [1.82, 2.24) is 5.27 Å². The molecule has 1 aromatic carbocycles. The highest BCUT2D eigenvalue weighted by Gasteiger charge is 2.25. The van der Waals surface area contributed by atoms with E-state index in [9.17, 15) is 9.90 Å². The Morgan fingerprint density at radius 1 is 1.59 bits per heavy atom. The van der Waals surface area contributed by atoms with E-state index < -0.39 is 11.2 Å². The van der Waals surface area contributed by atoms with Crippen molar-refractivity contribution in [3.63, 3.8) is 0 Å². The molecular formula is C14H16ClN3O3S. The smallest absolute Gasteiger partial charge is 0.291 e. The maximum atomic E-state index is 12.4. The Labute approximate surface area is 137 Å². The van der Waals surface area contributed by atoms with Crippen LogP contribution in [0.5, 0.6) is 5.95 Å². The van der Waals surface area contributed by atoms with Gasteiger partial charge in [-0.05, 0) is 42.8 Å². The Bertz CT molecular complexity index is 670. The van der Waals surface area contributed by atoms with Crippen LogP contribution in [0.15, 0.2) is 27.7 Å². The summed E-state index contributed by atoms with van der Waals surface area (Å²) >= 11 is 7.08. The zero-order valence-electron chi connectivity index (χ0n) is 12.4. The van der Waals surface area contributed by atoms with E-state index in [1.165, 1.54) is 4.68 Å². The zero-order valence-corrected chi connectivity index (χ0v) is 14.0. The molecule has 1 unspecified atom stereocenters. The zero-order chi connectivity index (χ0) is 16.3. The number of halogens is 1. The average molecular weight is 342 g/mol. The van der Waals surface area contributed by atoms with Crippen molar-refractivity contribution in [3.8, 4) is 5.95 Å². The molecule has 1 atom stereocenters. The highest BCUT2D eigenvalue weighted by Crippen LogP contribution is 2.29. The van der Waals surface area contributed by atoms with E-state index in [1.54, 1.807) is 19.2 Å². The molecule has 2 rings (SSSR count). The van der Waals surface area contributed by atoms with Crippen LogP contribution in [-0.2, 0) is 11.8 Å². The first-order valence-electron chi connectivity index (χ1n) is 6.69. The number of amides is 1. The van der Waals surface area contributed by atoms with Crippen molar-refractivity contribution in [1.29, 1.82) is 0 Å². The summed E-state index contributed by atoms with van der Waals surface area (Å²) in [6.07, 6.45) is 0.556. The second-order valence-electron chi connectivity index (χ2n) is 4.75. The molecule has 1 heterocycles. The number of carbonyl (C=O) groups excluding carboxylic acids is 1. The molecule has 118 valence electrons. The number of benzene rings is 1. The Hall–Kier alpha value is -1.73. The SMILES string of the molecule is CCC(Sc1c([O-])on[n+]1C)C(=O)Nc1cc(Cl)ccc1C. The van der Waals surface area contributed by atoms with Gasteiger partial charge in [-0.2, -0.15) is 0 Å². The number of nitrogens with zero attached hydrogens (tertiary/aromatic N) is 2. The van der Waals surface area contributed by atoms with Gasteiger partial charge < -0.3 is 14.9 Å². The van der Waals surface area contributed by atoms with Crippen LogP contribution in [0, 0.1) is 6.92 Å². The number of hydrogen-bond acceptors (Lipinski definition) is 5. The summed E-state index contributed by atoms with van der Waals surface area (Å²) in [5.41, 5.74) is 1.58.